The Morgan fingerprint density at radius 3 is 2.30 bits per heavy atom. The molecule has 6 heteroatoms. The topological polar surface area (TPSA) is 78.9 Å². The van der Waals surface area contributed by atoms with Crippen LogP contribution in [-0.2, 0) is 31.1 Å². The number of Topliss-reactive ketones (excluding diaryl/α,β-unsaturated/α-hetero) is 2. The van der Waals surface area contributed by atoms with E-state index in [1.54, 1.807) is 12.1 Å². The van der Waals surface area contributed by atoms with Crippen LogP contribution in [0.1, 0.15) is 37.8 Å². The Bertz CT molecular complexity index is 663. The van der Waals surface area contributed by atoms with Crippen molar-refractivity contribution in [3.8, 4) is 11.5 Å². The number of methoxy groups -OCH3 is 2. The van der Waals surface area contributed by atoms with Crippen molar-refractivity contribution in [2.75, 3.05) is 14.2 Å². The average Bonchev–Trinajstić information content (AvgIpc) is 2.64. The van der Waals surface area contributed by atoms with Crippen LogP contribution >= 0.6 is 0 Å². The molecule has 0 amide bonds. The lowest BCUT2D eigenvalue weighted by Gasteiger charge is -2.31. The molecule has 0 spiro atoms. The SMILES string of the molecule is COc1cc2c(c(OC)c1)C(OC(C)=O)(C(C)=O)C(=O)CCC2. The molecule has 0 saturated heterocycles. The van der Waals surface area contributed by atoms with Gasteiger partial charge in [0.15, 0.2) is 11.6 Å². The predicted molar refractivity (Wildman–Crippen MR) is 81.6 cm³/mol. The van der Waals surface area contributed by atoms with Gasteiger partial charge in [0.1, 0.15) is 11.5 Å². The van der Waals surface area contributed by atoms with E-state index in [-0.39, 0.29) is 6.42 Å². The normalized spacial score (nSPS) is 20.3. The first-order chi connectivity index (χ1) is 10.9. The van der Waals surface area contributed by atoms with Gasteiger partial charge in [-0.1, -0.05) is 0 Å². The molecule has 1 aromatic carbocycles. The van der Waals surface area contributed by atoms with E-state index in [0.29, 0.717) is 35.5 Å². The summed E-state index contributed by atoms with van der Waals surface area (Å²) in [6.07, 6.45) is 1.26. The third-order valence-corrected chi connectivity index (χ3v) is 4.00. The van der Waals surface area contributed by atoms with E-state index < -0.39 is 23.1 Å². The number of hydrogen-bond donors (Lipinski definition) is 0. The Morgan fingerprint density at radius 2 is 1.78 bits per heavy atom. The number of benzene rings is 1. The summed E-state index contributed by atoms with van der Waals surface area (Å²) in [4.78, 5) is 36.8. The molecule has 0 saturated carbocycles. The average molecular weight is 320 g/mol. The highest BCUT2D eigenvalue weighted by Crippen LogP contribution is 2.43. The number of ketones is 2. The molecular formula is C17H20O6. The van der Waals surface area contributed by atoms with Crippen LogP contribution in [0.3, 0.4) is 0 Å². The quantitative estimate of drug-likeness (QED) is 0.479. The van der Waals surface area contributed by atoms with Crippen molar-refractivity contribution >= 4 is 17.5 Å². The number of rotatable bonds is 4. The first-order valence-electron chi connectivity index (χ1n) is 7.36. The van der Waals surface area contributed by atoms with Crippen LogP contribution in [0.4, 0.5) is 0 Å². The number of carbonyl (C=O) groups is 3. The highest BCUT2D eigenvalue weighted by atomic mass is 16.6. The summed E-state index contributed by atoms with van der Waals surface area (Å²) >= 11 is 0. The Balaban J connectivity index is 2.84. The van der Waals surface area contributed by atoms with Crippen LogP contribution in [0.25, 0.3) is 0 Å². The second-order valence-electron chi connectivity index (χ2n) is 5.47. The molecule has 1 aliphatic rings. The summed E-state index contributed by atoms with van der Waals surface area (Å²) in [5.41, 5.74) is -0.926. The summed E-state index contributed by atoms with van der Waals surface area (Å²) in [7, 11) is 2.95. The van der Waals surface area contributed by atoms with E-state index in [9.17, 15) is 14.4 Å². The molecule has 0 heterocycles. The largest absolute Gasteiger partial charge is 0.497 e. The fourth-order valence-corrected chi connectivity index (χ4v) is 3.04. The lowest BCUT2D eigenvalue weighted by atomic mass is 9.82. The fraction of sp³-hybridized carbons (Fsp3) is 0.471. The van der Waals surface area contributed by atoms with Gasteiger partial charge < -0.3 is 14.2 Å². The van der Waals surface area contributed by atoms with Crippen molar-refractivity contribution < 1.29 is 28.6 Å². The molecule has 1 aliphatic carbocycles. The molecule has 0 fully saturated rings. The van der Waals surface area contributed by atoms with Crippen LogP contribution in [0, 0.1) is 0 Å². The third kappa shape index (κ3) is 2.81. The molecule has 1 atom stereocenters. The molecule has 124 valence electrons. The minimum atomic E-state index is -1.95. The maximum atomic E-state index is 12.7. The molecule has 0 aliphatic heterocycles. The number of esters is 1. The zero-order valence-electron chi connectivity index (χ0n) is 13.7. The number of aryl methyl sites for hydroxylation is 1. The van der Waals surface area contributed by atoms with Crippen LogP contribution in [0.5, 0.6) is 11.5 Å². The first kappa shape index (κ1) is 17.0. The van der Waals surface area contributed by atoms with Crippen molar-refractivity contribution in [3.63, 3.8) is 0 Å². The fourth-order valence-electron chi connectivity index (χ4n) is 3.04. The highest BCUT2D eigenvalue weighted by Gasteiger charge is 2.52. The van der Waals surface area contributed by atoms with Gasteiger partial charge in [-0.3, -0.25) is 14.4 Å². The zero-order valence-corrected chi connectivity index (χ0v) is 13.7. The molecule has 1 aromatic rings. The summed E-state index contributed by atoms with van der Waals surface area (Å²) in [6, 6.07) is 3.33. The number of carbonyl (C=O) groups excluding carboxylic acids is 3. The molecule has 0 bridgehead atoms. The van der Waals surface area contributed by atoms with Gasteiger partial charge in [0.2, 0.25) is 0 Å². The number of ether oxygens (including phenoxy) is 3. The van der Waals surface area contributed by atoms with Gasteiger partial charge in [-0.25, -0.2) is 0 Å². The molecular weight excluding hydrogens is 300 g/mol. The van der Waals surface area contributed by atoms with Crippen molar-refractivity contribution in [1.29, 1.82) is 0 Å². The van der Waals surface area contributed by atoms with Crippen molar-refractivity contribution in [3.05, 3.63) is 23.3 Å². The zero-order chi connectivity index (χ0) is 17.2. The van der Waals surface area contributed by atoms with Crippen molar-refractivity contribution in [2.45, 2.75) is 38.7 Å². The maximum Gasteiger partial charge on any atom is 0.304 e. The number of hydrogen-bond acceptors (Lipinski definition) is 6. The van der Waals surface area contributed by atoms with Crippen LogP contribution < -0.4 is 9.47 Å². The van der Waals surface area contributed by atoms with E-state index in [1.165, 1.54) is 28.1 Å². The molecule has 1 unspecified atom stereocenters. The monoisotopic (exact) mass is 320 g/mol. The van der Waals surface area contributed by atoms with Crippen molar-refractivity contribution in [2.24, 2.45) is 0 Å². The molecule has 0 N–H and O–H groups in total. The van der Waals surface area contributed by atoms with Gasteiger partial charge in [-0.05, 0) is 31.4 Å². The standard InChI is InChI=1S/C17H20O6/c1-10(18)17(23-11(2)19)15(20)7-5-6-12-8-13(21-3)9-14(22-4)16(12)17/h8-9H,5-7H2,1-4H3. The van der Waals surface area contributed by atoms with E-state index in [2.05, 4.69) is 0 Å². The summed E-state index contributed by atoms with van der Waals surface area (Å²) in [6.45, 7) is 2.43. The van der Waals surface area contributed by atoms with E-state index in [1.807, 2.05) is 0 Å². The van der Waals surface area contributed by atoms with Gasteiger partial charge >= 0.3 is 5.97 Å². The van der Waals surface area contributed by atoms with Gasteiger partial charge in [-0.15, -0.1) is 0 Å². The van der Waals surface area contributed by atoms with Crippen LogP contribution in [-0.4, -0.2) is 31.8 Å². The summed E-state index contributed by atoms with van der Waals surface area (Å²) < 4.78 is 15.9. The molecule has 0 aromatic heterocycles. The van der Waals surface area contributed by atoms with Crippen molar-refractivity contribution in [1.82, 2.24) is 0 Å². The maximum absolute atomic E-state index is 12.7. The highest BCUT2D eigenvalue weighted by molar-refractivity contribution is 6.12. The molecule has 0 radical (unpaired) electrons. The van der Waals surface area contributed by atoms with E-state index >= 15 is 0 Å². The molecule has 6 nitrogen and oxygen atoms in total. The number of fused-ring (bicyclic) bond motifs is 1. The Labute approximate surface area is 134 Å². The van der Waals surface area contributed by atoms with Gasteiger partial charge in [0.25, 0.3) is 5.60 Å². The van der Waals surface area contributed by atoms with Crippen LogP contribution in [0.15, 0.2) is 12.1 Å². The Hall–Kier alpha value is -2.37. The minimum Gasteiger partial charge on any atom is -0.497 e. The smallest absolute Gasteiger partial charge is 0.304 e. The third-order valence-electron chi connectivity index (χ3n) is 4.00. The lowest BCUT2D eigenvalue weighted by molar-refractivity contribution is -0.172. The van der Waals surface area contributed by atoms with E-state index in [0.717, 1.165) is 0 Å². The van der Waals surface area contributed by atoms with Gasteiger partial charge in [0, 0.05) is 19.4 Å². The lowest BCUT2D eigenvalue weighted by Crippen LogP contribution is -2.46. The van der Waals surface area contributed by atoms with Crippen LogP contribution in [0.2, 0.25) is 0 Å². The van der Waals surface area contributed by atoms with Gasteiger partial charge in [0.05, 0.1) is 19.8 Å². The predicted octanol–water partition coefficient (Wildman–Crippen LogP) is 1.96. The first-order valence-corrected chi connectivity index (χ1v) is 7.36. The van der Waals surface area contributed by atoms with Gasteiger partial charge in [-0.2, -0.15) is 0 Å². The summed E-state index contributed by atoms with van der Waals surface area (Å²) in [5, 5.41) is 0. The Kier molecular flexibility index (Phi) is 4.73. The molecule has 2 rings (SSSR count). The second-order valence-corrected chi connectivity index (χ2v) is 5.47. The molecule has 23 heavy (non-hydrogen) atoms. The minimum absolute atomic E-state index is 0.146. The summed E-state index contributed by atoms with van der Waals surface area (Å²) in [5.74, 6) is -0.813. The van der Waals surface area contributed by atoms with E-state index in [4.69, 9.17) is 14.2 Å². The Morgan fingerprint density at radius 1 is 1.09 bits per heavy atom. The second kappa shape index (κ2) is 6.40.